The van der Waals surface area contributed by atoms with E-state index in [1.54, 1.807) is 12.4 Å². The molecule has 1 aromatic heterocycles. The molecular weight excluding hydrogens is 224 g/mol. The van der Waals surface area contributed by atoms with Crippen molar-refractivity contribution in [2.75, 3.05) is 11.9 Å². The van der Waals surface area contributed by atoms with Crippen LogP contribution in [0.25, 0.3) is 0 Å². The summed E-state index contributed by atoms with van der Waals surface area (Å²) >= 11 is 0. The zero-order chi connectivity index (χ0) is 12.8. The van der Waals surface area contributed by atoms with Gasteiger partial charge in [-0.25, -0.2) is 9.97 Å². The van der Waals surface area contributed by atoms with Crippen LogP contribution >= 0.6 is 0 Å². The Morgan fingerprint density at radius 2 is 1.78 bits per heavy atom. The van der Waals surface area contributed by atoms with Crippen molar-refractivity contribution >= 4 is 5.82 Å². The SMILES string of the molecule is CN(c1cnc(C#N)cn1)C1CCCCCCC1. The average Bonchev–Trinajstić information content (AvgIpc) is 2.38. The van der Waals surface area contributed by atoms with Gasteiger partial charge in [0, 0.05) is 13.1 Å². The molecule has 4 nitrogen and oxygen atoms in total. The third-order valence-corrected chi connectivity index (χ3v) is 3.74. The predicted molar refractivity (Wildman–Crippen MR) is 71.3 cm³/mol. The molecule has 0 bridgehead atoms. The van der Waals surface area contributed by atoms with Crippen molar-refractivity contribution in [2.24, 2.45) is 0 Å². The molecule has 0 unspecified atom stereocenters. The molecule has 18 heavy (non-hydrogen) atoms. The van der Waals surface area contributed by atoms with Crippen LogP contribution in [0.15, 0.2) is 12.4 Å². The summed E-state index contributed by atoms with van der Waals surface area (Å²) in [5.41, 5.74) is 0.379. The molecule has 2 rings (SSSR count). The third kappa shape index (κ3) is 3.19. The molecule has 1 fully saturated rings. The summed E-state index contributed by atoms with van der Waals surface area (Å²) < 4.78 is 0. The minimum Gasteiger partial charge on any atom is -0.355 e. The smallest absolute Gasteiger partial charge is 0.158 e. The van der Waals surface area contributed by atoms with Crippen LogP contribution in [0.4, 0.5) is 5.82 Å². The van der Waals surface area contributed by atoms with Crippen LogP contribution in [0.1, 0.15) is 50.6 Å². The van der Waals surface area contributed by atoms with Gasteiger partial charge in [-0.15, -0.1) is 0 Å². The lowest BCUT2D eigenvalue weighted by Gasteiger charge is -2.30. The van der Waals surface area contributed by atoms with Crippen molar-refractivity contribution in [1.82, 2.24) is 9.97 Å². The first kappa shape index (κ1) is 12.8. The van der Waals surface area contributed by atoms with Crippen LogP contribution in [0, 0.1) is 11.3 Å². The highest BCUT2D eigenvalue weighted by atomic mass is 15.2. The summed E-state index contributed by atoms with van der Waals surface area (Å²) in [5, 5.41) is 8.72. The number of hydrogen-bond donors (Lipinski definition) is 0. The van der Waals surface area contributed by atoms with E-state index in [-0.39, 0.29) is 0 Å². The highest BCUT2D eigenvalue weighted by Crippen LogP contribution is 2.23. The van der Waals surface area contributed by atoms with E-state index in [9.17, 15) is 0 Å². The van der Waals surface area contributed by atoms with Crippen molar-refractivity contribution < 1.29 is 0 Å². The Morgan fingerprint density at radius 1 is 1.11 bits per heavy atom. The van der Waals surface area contributed by atoms with E-state index in [4.69, 9.17) is 5.26 Å². The average molecular weight is 244 g/mol. The van der Waals surface area contributed by atoms with Crippen LogP contribution in [0.5, 0.6) is 0 Å². The van der Waals surface area contributed by atoms with Crippen molar-refractivity contribution in [3.8, 4) is 6.07 Å². The fourth-order valence-electron chi connectivity index (χ4n) is 2.57. The molecule has 4 heteroatoms. The summed E-state index contributed by atoms with van der Waals surface area (Å²) in [4.78, 5) is 10.6. The lowest BCUT2D eigenvalue weighted by atomic mass is 9.96. The van der Waals surface area contributed by atoms with E-state index < -0.39 is 0 Å². The Balaban J connectivity index is 2.03. The number of anilines is 1. The fourth-order valence-corrected chi connectivity index (χ4v) is 2.57. The largest absolute Gasteiger partial charge is 0.355 e. The first-order chi connectivity index (χ1) is 8.81. The van der Waals surface area contributed by atoms with Crippen molar-refractivity contribution in [1.29, 1.82) is 5.26 Å². The van der Waals surface area contributed by atoms with Crippen LogP contribution in [-0.4, -0.2) is 23.1 Å². The van der Waals surface area contributed by atoms with Gasteiger partial charge < -0.3 is 4.90 Å². The Kier molecular flexibility index (Phi) is 4.52. The summed E-state index contributed by atoms with van der Waals surface area (Å²) in [6, 6.07) is 2.56. The summed E-state index contributed by atoms with van der Waals surface area (Å²) in [6.07, 6.45) is 12.4. The van der Waals surface area contributed by atoms with E-state index in [0.717, 1.165) is 5.82 Å². The van der Waals surface area contributed by atoms with E-state index in [2.05, 4.69) is 21.9 Å². The summed E-state index contributed by atoms with van der Waals surface area (Å²) in [7, 11) is 2.09. The van der Waals surface area contributed by atoms with Gasteiger partial charge in [-0.1, -0.05) is 32.1 Å². The maximum absolute atomic E-state index is 8.72. The molecule has 96 valence electrons. The number of nitriles is 1. The zero-order valence-corrected chi connectivity index (χ0v) is 11.0. The molecule has 1 aliphatic carbocycles. The highest BCUT2D eigenvalue weighted by molar-refractivity contribution is 5.37. The Labute approximate surface area is 109 Å². The molecule has 0 amide bonds. The van der Waals surface area contributed by atoms with Crippen LogP contribution in [-0.2, 0) is 0 Å². The van der Waals surface area contributed by atoms with Crippen LogP contribution in [0.3, 0.4) is 0 Å². The van der Waals surface area contributed by atoms with Crippen molar-refractivity contribution in [2.45, 2.75) is 51.0 Å². The maximum atomic E-state index is 8.72. The fraction of sp³-hybridized carbons (Fsp3) is 0.643. The van der Waals surface area contributed by atoms with Crippen molar-refractivity contribution in [3.63, 3.8) is 0 Å². The number of aromatic nitrogens is 2. The predicted octanol–water partition coefficient (Wildman–Crippen LogP) is 2.90. The van der Waals surface area contributed by atoms with E-state index in [1.807, 2.05) is 6.07 Å². The monoisotopic (exact) mass is 244 g/mol. The molecule has 0 aliphatic heterocycles. The first-order valence-corrected chi connectivity index (χ1v) is 6.76. The Hall–Kier alpha value is -1.63. The molecule has 0 radical (unpaired) electrons. The number of hydrogen-bond acceptors (Lipinski definition) is 4. The second-order valence-corrected chi connectivity index (χ2v) is 4.98. The van der Waals surface area contributed by atoms with Gasteiger partial charge in [-0.3, -0.25) is 0 Å². The van der Waals surface area contributed by atoms with Crippen LogP contribution in [0.2, 0.25) is 0 Å². The number of nitrogens with zero attached hydrogens (tertiary/aromatic N) is 4. The lowest BCUT2D eigenvalue weighted by Crippen LogP contribution is -2.32. The van der Waals surface area contributed by atoms with E-state index in [1.165, 1.54) is 44.9 Å². The van der Waals surface area contributed by atoms with Gasteiger partial charge in [-0.2, -0.15) is 5.26 Å². The molecule has 1 heterocycles. The minimum atomic E-state index is 0.379. The number of rotatable bonds is 2. The third-order valence-electron chi connectivity index (χ3n) is 3.74. The Morgan fingerprint density at radius 3 is 2.33 bits per heavy atom. The molecule has 1 aliphatic rings. The van der Waals surface area contributed by atoms with Gasteiger partial charge in [0.15, 0.2) is 5.69 Å². The Bertz CT molecular complexity index is 399. The van der Waals surface area contributed by atoms with Crippen molar-refractivity contribution in [3.05, 3.63) is 18.1 Å². The first-order valence-electron chi connectivity index (χ1n) is 6.76. The molecule has 1 aromatic rings. The zero-order valence-electron chi connectivity index (χ0n) is 11.0. The summed E-state index contributed by atoms with van der Waals surface area (Å²) in [5.74, 6) is 0.875. The molecule has 1 saturated carbocycles. The molecule has 0 N–H and O–H groups in total. The molecule has 0 saturated heterocycles. The maximum Gasteiger partial charge on any atom is 0.158 e. The minimum absolute atomic E-state index is 0.379. The normalized spacial score (nSPS) is 17.6. The van der Waals surface area contributed by atoms with Gasteiger partial charge >= 0.3 is 0 Å². The highest BCUT2D eigenvalue weighted by Gasteiger charge is 2.17. The molecular formula is C14H20N4. The molecule has 0 atom stereocenters. The van der Waals surface area contributed by atoms with Gasteiger partial charge in [0.2, 0.25) is 0 Å². The molecule has 0 spiro atoms. The van der Waals surface area contributed by atoms with Gasteiger partial charge in [0.25, 0.3) is 0 Å². The van der Waals surface area contributed by atoms with Crippen LogP contribution < -0.4 is 4.90 Å². The lowest BCUT2D eigenvalue weighted by molar-refractivity contribution is 0.439. The van der Waals surface area contributed by atoms with E-state index in [0.29, 0.717) is 11.7 Å². The topological polar surface area (TPSA) is 52.8 Å². The second kappa shape index (κ2) is 6.34. The standard InChI is InChI=1S/C14H20N4/c1-18(13-7-5-3-2-4-6-8-13)14-11-16-12(9-15)10-17-14/h10-11,13H,2-8H2,1H3. The quantitative estimate of drug-likeness (QED) is 0.802. The van der Waals surface area contributed by atoms with Gasteiger partial charge in [0.1, 0.15) is 11.9 Å². The second-order valence-electron chi connectivity index (χ2n) is 4.98. The van der Waals surface area contributed by atoms with Gasteiger partial charge in [0.05, 0.1) is 12.4 Å². The van der Waals surface area contributed by atoms with Gasteiger partial charge in [-0.05, 0) is 12.8 Å². The molecule has 0 aromatic carbocycles. The van der Waals surface area contributed by atoms with E-state index >= 15 is 0 Å². The summed E-state index contributed by atoms with van der Waals surface area (Å²) in [6.45, 7) is 0.